The molecule has 0 radical (unpaired) electrons. The van der Waals surface area contributed by atoms with Crippen LogP contribution >= 0.6 is 34.5 Å². The highest BCUT2D eigenvalue weighted by Crippen LogP contribution is 2.38. The van der Waals surface area contributed by atoms with Crippen molar-refractivity contribution < 1.29 is 4.52 Å². The predicted molar refractivity (Wildman–Crippen MR) is 62.6 cm³/mol. The molecule has 0 atom stereocenters. The third kappa shape index (κ3) is 2.34. The van der Waals surface area contributed by atoms with Crippen LogP contribution in [0.2, 0.25) is 8.67 Å². The highest BCUT2D eigenvalue weighted by atomic mass is 35.5. The lowest BCUT2D eigenvalue weighted by Gasteiger charge is -1.89. The molecule has 0 aliphatic heterocycles. The zero-order chi connectivity index (χ0) is 10.8. The molecule has 0 aromatic carbocycles. The highest BCUT2D eigenvalue weighted by molar-refractivity contribution is 7.20. The Morgan fingerprint density at radius 2 is 2.27 bits per heavy atom. The summed E-state index contributed by atoms with van der Waals surface area (Å²) in [7, 11) is 1.85. The van der Waals surface area contributed by atoms with Gasteiger partial charge in [-0.25, -0.2) is 0 Å². The van der Waals surface area contributed by atoms with Crippen molar-refractivity contribution in [2.45, 2.75) is 6.54 Å². The maximum atomic E-state index is 6.00. The first kappa shape index (κ1) is 11.0. The van der Waals surface area contributed by atoms with Gasteiger partial charge in [-0.05, 0) is 13.1 Å². The van der Waals surface area contributed by atoms with Gasteiger partial charge in [-0.1, -0.05) is 28.4 Å². The quantitative estimate of drug-likeness (QED) is 0.921. The highest BCUT2D eigenvalue weighted by Gasteiger charge is 2.13. The molecule has 1 N–H and O–H groups in total. The Kier molecular flexibility index (Phi) is 3.31. The number of thiophene rings is 1. The molecule has 0 amide bonds. The van der Waals surface area contributed by atoms with Crippen molar-refractivity contribution >= 4 is 34.5 Å². The number of rotatable bonds is 3. The Balaban J connectivity index is 2.32. The van der Waals surface area contributed by atoms with E-state index in [1.54, 1.807) is 6.07 Å². The van der Waals surface area contributed by atoms with Crippen LogP contribution in [-0.4, -0.2) is 12.2 Å². The second-order valence-electron chi connectivity index (χ2n) is 2.95. The second-order valence-corrected chi connectivity index (χ2v) is 5.24. The summed E-state index contributed by atoms with van der Waals surface area (Å²) in [6.07, 6.45) is 0. The predicted octanol–water partition coefficient (Wildman–Crippen LogP) is 3.43. The molecule has 3 nitrogen and oxygen atoms in total. The molecular weight excluding hydrogens is 255 g/mol. The lowest BCUT2D eigenvalue weighted by atomic mass is 10.2. The molecule has 6 heteroatoms. The summed E-state index contributed by atoms with van der Waals surface area (Å²) >= 11 is 13.2. The first-order chi connectivity index (χ1) is 7.20. The second kappa shape index (κ2) is 4.53. The molecule has 2 heterocycles. The number of hydrogen-bond donors (Lipinski definition) is 1. The number of nitrogens with zero attached hydrogens (tertiary/aromatic N) is 1. The van der Waals surface area contributed by atoms with Gasteiger partial charge in [0, 0.05) is 12.6 Å². The van der Waals surface area contributed by atoms with Crippen molar-refractivity contribution in [3.63, 3.8) is 0 Å². The van der Waals surface area contributed by atoms with Crippen LogP contribution in [0.5, 0.6) is 0 Å². The zero-order valence-electron chi connectivity index (χ0n) is 7.88. The van der Waals surface area contributed by atoms with Crippen LogP contribution in [0, 0.1) is 0 Å². The third-order valence-corrected chi connectivity index (χ3v) is 3.33. The molecular formula is C9H8Cl2N2OS. The molecule has 0 bridgehead atoms. The zero-order valence-corrected chi connectivity index (χ0v) is 10.2. The fourth-order valence-electron chi connectivity index (χ4n) is 1.21. The van der Waals surface area contributed by atoms with E-state index >= 15 is 0 Å². The first-order valence-corrected chi connectivity index (χ1v) is 5.83. The van der Waals surface area contributed by atoms with Gasteiger partial charge in [-0.15, -0.1) is 11.3 Å². The van der Waals surface area contributed by atoms with E-state index in [2.05, 4.69) is 10.5 Å². The summed E-state index contributed by atoms with van der Waals surface area (Å²) in [5.74, 6) is 0.647. The van der Waals surface area contributed by atoms with Crippen LogP contribution in [0.3, 0.4) is 0 Å². The number of hydrogen-bond acceptors (Lipinski definition) is 4. The van der Waals surface area contributed by atoms with Crippen LogP contribution in [0.15, 0.2) is 16.7 Å². The first-order valence-electron chi connectivity index (χ1n) is 4.26. The molecule has 0 fully saturated rings. The molecule has 0 unspecified atom stereocenters. The summed E-state index contributed by atoms with van der Waals surface area (Å²) in [6.45, 7) is 0.666. The van der Waals surface area contributed by atoms with Gasteiger partial charge in [-0.2, -0.15) is 0 Å². The van der Waals surface area contributed by atoms with Crippen LogP contribution in [0.4, 0.5) is 0 Å². The van der Waals surface area contributed by atoms with E-state index in [4.69, 9.17) is 27.7 Å². The average Bonchev–Trinajstić information content (AvgIpc) is 2.73. The molecule has 2 rings (SSSR count). The smallest absolute Gasteiger partial charge is 0.169 e. The third-order valence-electron chi connectivity index (χ3n) is 1.84. The largest absolute Gasteiger partial charge is 0.356 e. The Morgan fingerprint density at radius 1 is 1.47 bits per heavy atom. The van der Waals surface area contributed by atoms with E-state index in [9.17, 15) is 0 Å². The molecule has 0 spiro atoms. The van der Waals surface area contributed by atoms with Crippen LogP contribution in [0.25, 0.3) is 11.3 Å². The molecule has 0 aliphatic carbocycles. The summed E-state index contributed by atoms with van der Waals surface area (Å²) in [5, 5.41) is 6.89. The minimum atomic E-state index is 0.618. The Morgan fingerprint density at radius 3 is 2.87 bits per heavy atom. The monoisotopic (exact) mass is 262 g/mol. The maximum absolute atomic E-state index is 6.00. The van der Waals surface area contributed by atoms with Crippen molar-refractivity contribution in [2.75, 3.05) is 7.05 Å². The fourth-order valence-corrected chi connectivity index (χ4v) is 2.68. The molecule has 0 saturated carbocycles. The van der Waals surface area contributed by atoms with E-state index in [1.165, 1.54) is 11.3 Å². The van der Waals surface area contributed by atoms with E-state index in [0.717, 1.165) is 11.3 Å². The number of aromatic nitrogens is 1. The number of nitrogens with one attached hydrogen (secondary N) is 1. The summed E-state index contributed by atoms with van der Waals surface area (Å²) in [6, 6.07) is 3.62. The van der Waals surface area contributed by atoms with Crippen molar-refractivity contribution in [3.05, 3.63) is 26.5 Å². The normalized spacial score (nSPS) is 10.9. The van der Waals surface area contributed by atoms with Crippen LogP contribution in [0.1, 0.15) is 5.69 Å². The van der Waals surface area contributed by atoms with Crippen molar-refractivity contribution in [1.82, 2.24) is 10.5 Å². The molecule has 2 aromatic heterocycles. The van der Waals surface area contributed by atoms with Gasteiger partial charge >= 0.3 is 0 Å². The van der Waals surface area contributed by atoms with E-state index in [-0.39, 0.29) is 0 Å². The van der Waals surface area contributed by atoms with Crippen LogP contribution < -0.4 is 5.32 Å². The van der Waals surface area contributed by atoms with Gasteiger partial charge in [0.1, 0.15) is 4.34 Å². The Bertz CT molecular complexity index is 466. The molecule has 0 saturated heterocycles. The molecule has 2 aromatic rings. The molecule has 80 valence electrons. The minimum Gasteiger partial charge on any atom is -0.356 e. The van der Waals surface area contributed by atoms with Crippen molar-refractivity contribution in [2.24, 2.45) is 0 Å². The van der Waals surface area contributed by atoms with Crippen LogP contribution in [-0.2, 0) is 6.54 Å². The summed E-state index contributed by atoms with van der Waals surface area (Å²) in [5.41, 5.74) is 1.63. The van der Waals surface area contributed by atoms with Gasteiger partial charge in [0.15, 0.2) is 5.76 Å². The SMILES string of the molecule is CNCc1cc(-c2cc(Cl)sc2Cl)on1. The standard InChI is InChI=1S/C9H8Cl2N2OS/c1-12-4-5-2-7(14-13-5)6-3-8(10)15-9(6)11/h2-3,12H,4H2,1H3. The van der Waals surface area contributed by atoms with E-state index < -0.39 is 0 Å². The van der Waals surface area contributed by atoms with E-state index in [1.807, 2.05) is 13.1 Å². The summed E-state index contributed by atoms with van der Waals surface area (Å²) in [4.78, 5) is 0. The van der Waals surface area contributed by atoms with Gasteiger partial charge < -0.3 is 9.84 Å². The fraction of sp³-hybridized carbons (Fsp3) is 0.222. The average molecular weight is 263 g/mol. The summed E-state index contributed by atoms with van der Waals surface area (Å²) < 4.78 is 6.43. The van der Waals surface area contributed by atoms with Gasteiger partial charge in [0.05, 0.1) is 15.6 Å². The topological polar surface area (TPSA) is 38.1 Å². The van der Waals surface area contributed by atoms with Gasteiger partial charge in [0.2, 0.25) is 0 Å². The van der Waals surface area contributed by atoms with Crippen molar-refractivity contribution in [1.29, 1.82) is 0 Å². The van der Waals surface area contributed by atoms with Gasteiger partial charge in [0.25, 0.3) is 0 Å². The van der Waals surface area contributed by atoms with Gasteiger partial charge in [-0.3, -0.25) is 0 Å². The molecule has 15 heavy (non-hydrogen) atoms. The minimum absolute atomic E-state index is 0.618. The lowest BCUT2D eigenvalue weighted by molar-refractivity contribution is 0.421. The van der Waals surface area contributed by atoms with E-state index in [0.29, 0.717) is 21.0 Å². The maximum Gasteiger partial charge on any atom is 0.169 e. The lowest BCUT2D eigenvalue weighted by Crippen LogP contribution is -2.04. The number of halogens is 2. The van der Waals surface area contributed by atoms with Crippen molar-refractivity contribution in [3.8, 4) is 11.3 Å². The Hall–Kier alpha value is -0.550. The molecule has 0 aliphatic rings. The Labute approximate surface area is 101 Å².